The van der Waals surface area contributed by atoms with Crippen molar-refractivity contribution in [3.63, 3.8) is 0 Å². The zero-order chi connectivity index (χ0) is 21.6. The van der Waals surface area contributed by atoms with Gasteiger partial charge >= 0.3 is 18.1 Å². The number of imidazole rings is 1. The van der Waals surface area contributed by atoms with E-state index in [1.54, 1.807) is 24.3 Å². The molecule has 3 rings (SSSR count). The van der Waals surface area contributed by atoms with Crippen LogP contribution in [0.5, 0.6) is 11.8 Å². The average Bonchev–Trinajstić information content (AvgIpc) is 3.17. The van der Waals surface area contributed by atoms with Gasteiger partial charge in [-0.1, -0.05) is 38.0 Å². The summed E-state index contributed by atoms with van der Waals surface area (Å²) in [7, 11) is 0. The number of H-pyrrole nitrogens is 1. The quantitative estimate of drug-likeness (QED) is 0.354. The molecular weight excluding hydrogens is 401 g/mol. The molecule has 1 amide bonds. The van der Waals surface area contributed by atoms with E-state index in [9.17, 15) is 18.0 Å². The summed E-state index contributed by atoms with van der Waals surface area (Å²) >= 11 is 0. The highest BCUT2D eigenvalue weighted by atomic mass is 19.4. The van der Waals surface area contributed by atoms with Crippen molar-refractivity contribution in [1.82, 2.24) is 25.3 Å². The topological polar surface area (TPSA) is 105 Å². The molecule has 0 aliphatic carbocycles. The third-order valence-electron chi connectivity index (χ3n) is 4.19. The molecular formula is C19H21F3N6O2. The summed E-state index contributed by atoms with van der Waals surface area (Å²) in [5.74, 6) is -1.36. The third-order valence-corrected chi connectivity index (χ3v) is 4.19. The van der Waals surface area contributed by atoms with Crippen molar-refractivity contribution in [3.05, 3.63) is 36.7 Å². The van der Waals surface area contributed by atoms with Crippen molar-refractivity contribution in [2.45, 2.75) is 44.9 Å². The number of hydrogen-bond donors (Lipinski definition) is 3. The molecule has 8 nitrogen and oxygen atoms in total. The van der Waals surface area contributed by atoms with Crippen LogP contribution in [0.15, 0.2) is 36.7 Å². The number of halogens is 3. The largest absolute Gasteiger partial charge is 0.471 e. The Morgan fingerprint density at radius 3 is 2.67 bits per heavy atom. The molecule has 160 valence electrons. The number of alkyl halides is 3. The molecule has 0 aliphatic rings. The summed E-state index contributed by atoms with van der Waals surface area (Å²) in [5.41, 5.74) is 0.657. The Morgan fingerprint density at radius 1 is 1.20 bits per heavy atom. The van der Waals surface area contributed by atoms with E-state index in [1.807, 2.05) is 18.3 Å². The van der Waals surface area contributed by atoms with E-state index in [0.29, 0.717) is 17.7 Å². The Bertz CT molecular complexity index is 977. The lowest BCUT2D eigenvalue weighted by Gasteiger charge is -2.22. The summed E-state index contributed by atoms with van der Waals surface area (Å²) in [6, 6.07) is 8.76. The fourth-order valence-corrected chi connectivity index (χ4v) is 2.74. The SMILES string of the molecule is CCCCCC(NC(=O)C(F)(F)F)Nc1nc(Oc2ccccc2)nc2nc[nH]c12. The molecule has 2 heterocycles. The van der Waals surface area contributed by atoms with Gasteiger partial charge in [-0.2, -0.15) is 23.1 Å². The molecule has 1 aromatic carbocycles. The molecule has 0 aliphatic heterocycles. The molecule has 3 aromatic rings. The van der Waals surface area contributed by atoms with Gasteiger partial charge in [-0.15, -0.1) is 0 Å². The zero-order valence-corrected chi connectivity index (χ0v) is 16.2. The van der Waals surface area contributed by atoms with Gasteiger partial charge in [-0.05, 0) is 25.0 Å². The molecule has 0 fully saturated rings. The van der Waals surface area contributed by atoms with Gasteiger partial charge in [-0.3, -0.25) is 4.79 Å². The number of carbonyl (C=O) groups is 1. The number of nitrogens with zero attached hydrogens (tertiary/aromatic N) is 3. The second-order valence-electron chi connectivity index (χ2n) is 6.53. The second kappa shape index (κ2) is 9.42. The molecule has 1 unspecified atom stereocenters. The number of hydrogen-bond acceptors (Lipinski definition) is 6. The minimum Gasteiger partial charge on any atom is -0.424 e. The lowest BCUT2D eigenvalue weighted by Crippen LogP contribution is -2.46. The average molecular weight is 422 g/mol. The van der Waals surface area contributed by atoms with Gasteiger partial charge in [0.2, 0.25) is 0 Å². The van der Waals surface area contributed by atoms with E-state index in [1.165, 1.54) is 6.33 Å². The van der Waals surface area contributed by atoms with Gasteiger partial charge in [-0.25, -0.2) is 4.98 Å². The molecule has 2 aromatic heterocycles. The number of ether oxygens (including phenoxy) is 1. The van der Waals surface area contributed by atoms with Gasteiger partial charge in [0.25, 0.3) is 0 Å². The van der Waals surface area contributed by atoms with Crippen LogP contribution in [-0.2, 0) is 4.79 Å². The predicted molar refractivity (Wildman–Crippen MR) is 104 cm³/mol. The molecule has 0 bridgehead atoms. The predicted octanol–water partition coefficient (Wildman–Crippen LogP) is 4.14. The minimum absolute atomic E-state index is 0.0299. The number of nitrogens with one attached hydrogen (secondary N) is 3. The van der Waals surface area contributed by atoms with Gasteiger partial charge in [0, 0.05) is 0 Å². The molecule has 0 radical (unpaired) electrons. The Hall–Kier alpha value is -3.37. The summed E-state index contributed by atoms with van der Waals surface area (Å²) in [4.78, 5) is 26.8. The standard InChI is InChI=1S/C19H21F3N6O2/c1-2-3-5-10-13(26-17(29)19(20,21)22)25-16-14-15(24-11-23-14)27-18(28-16)30-12-8-6-4-7-9-12/h4,6-9,11,13H,2-3,5,10H2,1H3,(H,26,29)(H2,23,24,25,27,28). The maximum atomic E-state index is 12.7. The fourth-order valence-electron chi connectivity index (χ4n) is 2.74. The van der Waals surface area contributed by atoms with E-state index < -0.39 is 18.2 Å². The van der Waals surface area contributed by atoms with Gasteiger partial charge in [0.15, 0.2) is 11.5 Å². The first kappa shape index (κ1) is 21.3. The molecule has 0 spiro atoms. The van der Waals surface area contributed by atoms with E-state index in [2.05, 4.69) is 25.3 Å². The summed E-state index contributed by atoms with van der Waals surface area (Å²) < 4.78 is 43.9. The molecule has 3 N–H and O–H groups in total. The van der Waals surface area contributed by atoms with Crippen molar-refractivity contribution in [3.8, 4) is 11.8 Å². The Labute approximate surface area is 170 Å². The molecule has 30 heavy (non-hydrogen) atoms. The van der Waals surface area contributed by atoms with Gasteiger partial charge in [0.1, 0.15) is 17.4 Å². The number of carbonyl (C=O) groups excluding carboxylic acids is 1. The van der Waals surface area contributed by atoms with Crippen LogP contribution in [0.2, 0.25) is 0 Å². The van der Waals surface area contributed by atoms with Crippen LogP contribution in [0.25, 0.3) is 11.2 Å². The van der Waals surface area contributed by atoms with E-state index >= 15 is 0 Å². The zero-order valence-electron chi connectivity index (χ0n) is 16.2. The highest BCUT2D eigenvalue weighted by Crippen LogP contribution is 2.25. The molecule has 0 saturated carbocycles. The van der Waals surface area contributed by atoms with Gasteiger partial charge in [0.05, 0.1) is 6.33 Å². The number of para-hydroxylation sites is 1. The smallest absolute Gasteiger partial charge is 0.424 e. The van der Waals surface area contributed by atoms with Crippen LogP contribution in [0, 0.1) is 0 Å². The number of fused-ring (bicyclic) bond motifs is 1. The number of unbranched alkanes of at least 4 members (excludes halogenated alkanes) is 2. The van der Waals surface area contributed by atoms with Crippen LogP contribution in [0.3, 0.4) is 0 Å². The first-order valence-corrected chi connectivity index (χ1v) is 9.45. The Balaban J connectivity index is 1.85. The molecule has 1 atom stereocenters. The maximum absolute atomic E-state index is 12.7. The number of anilines is 1. The van der Waals surface area contributed by atoms with Crippen LogP contribution in [0.4, 0.5) is 19.0 Å². The van der Waals surface area contributed by atoms with Crippen LogP contribution >= 0.6 is 0 Å². The minimum atomic E-state index is -4.98. The summed E-state index contributed by atoms with van der Waals surface area (Å²) in [6.45, 7) is 1.97. The lowest BCUT2D eigenvalue weighted by molar-refractivity contribution is -0.174. The van der Waals surface area contributed by atoms with Crippen molar-refractivity contribution in [2.75, 3.05) is 5.32 Å². The van der Waals surface area contributed by atoms with Crippen LogP contribution in [0.1, 0.15) is 32.6 Å². The van der Waals surface area contributed by atoms with E-state index in [4.69, 9.17) is 4.74 Å². The van der Waals surface area contributed by atoms with Crippen molar-refractivity contribution in [2.24, 2.45) is 0 Å². The highest BCUT2D eigenvalue weighted by Gasteiger charge is 2.39. The normalized spacial score (nSPS) is 12.5. The summed E-state index contributed by atoms with van der Waals surface area (Å²) in [5, 5.41) is 4.84. The Kier molecular flexibility index (Phi) is 6.70. The molecule has 11 heteroatoms. The van der Waals surface area contributed by atoms with Crippen molar-refractivity contribution >= 4 is 22.9 Å². The number of aromatic nitrogens is 4. The van der Waals surface area contributed by atoms with Gasteiger partial charge < -0.3 is 20.4 Å². The van der Waals surface area contributed by atoms with Crippen molar-refractivity contribution in [1.29, 1.82) is 0 Å². The molecule has 0 saturated heterocycles. The maximum Gasteiger partial charge on any atom is 0.471 e. The summed E-state index contributed by atoms with van der Waals surface area (Å²) in [6.07, 6.45) is -1.99. The number of rotatable bonds is 9. The van der Waals surface area contributed by atoms with E-state index in [-0.39, 0.29) is 23.9 Å². The number of amides is 1. The second-order valence-corrected chi connectivity index (χ2v) is 6.53. The highest BCUT2D eigenvalue weighted by molar-refractivity contribution is 5.84. The first-order valence-electron chi connectivity index (χ1n) is 9.45. The van der Waals surface area contributed by atoms with Crippen LogP contribution < -0.4 is 15.4 Å². The lowest BCUT2D eigenvalue weighted by atomic mass is 10.1. The third kappa shape index (κ3) is 5.58. The Morgan fingerprint density at radius 2 is 1.97 bits per heavy atom. The first-order chi connectivity index (χ1) is 14.4. The number of aromatic amines is 1. The fraction of sp³-hybridized carbons (Fsp3) is 0.368. The number of benzene rings is 1. The van der Waals surface area contributed by atoms with Crippen LogP contribution in [-0.4, -0.2) is 38.2 Å². The van der Waals surface area contributed by atoms with Crippen molar-refractivity contribution < 1.29 is 22.7 Å². The monoisotopic (exact) mass is 422 g/mol. The van der Waals surface area contributed by atoms with E-state index in [0.717, 1.165) is 12.8 Å².